The zero-order valence-corrected chi connectivity index (χ0v) is 31.0. The molecule has 3 aromatic heterocycles. The van der Waals surface area contributed by atoms with Crippen LogP contribution in [0, 0.1) is 0 Å². The second kappa shape index (κ2) is 12.5. The van der Waals surface area contributed by atoms with E-state index in [9.17, 15) is 0 Å². The smallest absolute Gasteiger partial charge is 0.0619 e. The normalized spacial score (nSPS) is 11.9. The molecule has 0 unspecified atom stereocenters. The molecule has 0 radical (unpaired) electrons. The lowest BCUT2D eigenvalue weighted by Gasteiger charge is -2.15. The quantitative estimate of drug-likeness (QED) is 0.168. The van der Waals surface area contributed by atoms with Crippen LogP contribution in [0.1, 0.15) is 0 Å². The molecule has 3 heterocycles. The summed E-state index contributed by atoms with van der Waals surface area (Å²) in [7, 11) is 0. The van der Waals surface area contributed by atoms with Gasteiger partial charge in [0.2, 0.25) is 0 Å². The highest BCUT2D eigenvalue weighted by atomic mass is 15.0. The second-order valence-electron chi connectivity index (χ2n) is 14.9. The van der Waals surface area contributed by atoms with E-state index in [4.69, 9.17) is 0 Å². The molecule has 0 aliphatic rings. The van der Waals surface area contributed by atoms with Crippen LogP contribution in [0.15, 0.2) is 212 Å². The fourth-order valence-corrected chi connectivity index (χ4v) is 9.57. The maximum absolute atomic E-state index is 2.50. The summed E-state index contributed by atoms with van der Waals surface area (Å²) in [4.78, 5) is 0. The van der Waals surface area contributed by atoms with E-state index in [2.05, 4.69) is 226 Å². The van der Waals surface area contributed by atoms with Crippen molar-refractivity contribution in [2.45, 2.75) is 0 Å². The Morgan fingerprint density at radius 3 is 1.40 bits per heavy atom. The van der Waals surface area contributed by atoms with Crippen molar-refractivity contribution >= 4 is 65.4 Å². The van der Waals surface area contributed by atoms with E-state index in [0.29, 0.717) is 0 Å². The molecule has 0 atom stereocenters. The molecule has 57 heavy (non-hydrogen) atoms. The van der Waals surface area contributed by atoms with Gasteiger partial charge in [-0.3, -0.25) is 0 Å². The minimum absolute atomic E-state index is 1.15. The summed E-state index contributed by atoms with van der Waals surface area (Å²) in [5.41, 5.74) is 15.5. The third-order valence-electron chi connectivity index (χ3n) is 11.8. The van der Waals surface area contributed by atoms with E-state index in [1.54, 1.807) is 0 Å². The van der Waals surface area contributed by atoms with Gasteiger partial charge in [0.15, 0.2) is 0 Å². The van der Waals surface area contributed by atoms with Crippen molar-refractivity contribution in [1.29, 1.82) is 0 Å². The molecule has 266 valence electrons. The Morgan fingerprint density at radius 1 is 0.246 bits per heavy atom. The maximum Gasteiger partial charge on any atom is 0.0619 e. The van der Waals surface area contributed by atoms with Gasteiger partial charge in [0.25, 0.3) is 0 Å². The van der Waals surface area contributed by atoms with Crippen molar-refractivity contribution < 1.29 is 0 Å². The van der Waals surface area contributed by atoms with E-state index < -0.39 is 0 Å². The Morgan fingerprint density at radius 2 is 0.702 bits per heavy atom. The van der Waals surface area contributed by atoms with E-state index in [0.717, 1.165) is 17.1 Å². The molecule has 0 fully saturated rings. The van der Waals surface area contributed by atoms with E-state index >= 15 is 0 Å². The lowest BCUT2D eigenvalue weighted by atomic mass is 9.96. The van der Waals surface area contributed by atoms with Crippen molar-refractivity contribution in [2.24, 2.45) is 0 Å². The summed E-state index contributed by atoms with van der Waals surface area (Å²) in [6.07, 6.45) is 0. The van der Waals surface area contributed by atoms with Crippen molar-refractivity contribution in [1.82, 2.24) is 13.7 Å². The Balaban J connectivity index is 1.18. The van der Waals surface area contributed by atoms with Crippen LogP contribution in [0.2, 0.25) is 0 Å². The highest BCUT2D eigenvalue weighted by Crippen LogP contribution is 2.46. The van der Waals surface area contributed by atoms with E-state index in [1.807, 2.05) is 0 Å². The summed E-state index contributed by atoms with van der Waals surface area (Å²) in [5, 5.41) is 7.53. The van der Waals surface area contributed by atoms with Crippen molar-refractivity contribution in [2.75, 3.05) is 0 Å². The zero-order valence-electron chi connectivity index (χ0n) is 31.0. The van der Waals surface area contributed by atoms with Crippen LogP contribution in [0.25, 0.3) is 105 Å². The summed E-state index contributed by atoms with van der Waals surface area (Å²) in [5.74, 6) is 0. The molecule has 0 bridgehead atoms. The standard InChI is InChI=1S/C54H35N3/c1-4-18-36(19-5-1)39-27-16-29-44-51-41(28-17-33-48(51)56(54(39)44)38-22-8-3-9-23-38)40-24-10-13-30-45(40)57-47-32-15-12-26-43(47)53-50(57)35-34-49-52(53)42-25-11-14-31-46(42)55(49)37-20-6-2-7-21-37/h1-35H. The Bertz CT molecular complexity index is 3500. The highest BCUT2D eigenvalue weighted by Gasteiger charge is 2.24. The molecule has 0 N–H and O–H groups in total. The Hall–Kier alpha value is -7.62. The molecule has 12 aromatic rings. The predicted molar refractivity (Wildman–Crippen MR) is 240 cm³/mol. The maximum atomic E-state index is 2.50. The fraction of sp³-hybridized carbons (Fsp3) is 0. The van der Waals surface area contributed by atoms with Crippen LogP contribution in [0.3, 0.4) is 0 Å². The topological polar surface area (TPSA) is 14.8 Å². The monoisotopic (exact) mass is 725 g/mol. The Kier molecular flexibility index (Phi) is 6.93. The van der Waals surface area contributed by atoms with Gasteiger partial charge in [-0.1, -0.05) is 152 Å². The van der Waals surface area contributed by atoms with Crippen molar-refractivity contribution in [3.63, 3.8) is 0 Å². The molecular weight excluding hydrogens is 691 g/mol. The number of para-hydroxylation sites is 6. The zero-order chi connectivity index (χ0) is 37.5. The lowest BCUT2D eigenvalue weighted by molar-refractivity contribution is 1.17. The van der Waals surface area contributed by atoms with E-state index in [-0.39, 0.29) is 0 Å². The largest absolute Gasteiger partial charge is 0.309 e. The summed E-state index contributed by atoms with van der Waals surface area (Å²) in [6, 6.07) is 77.3. The molecule has 0 saturated carbocycles. The first-order valence-electron chi connectivity index (χ1n) is 19.6. The van der Waals surface area contributed by atoms with Crippen LogP contribution >= 0.6 is 0 Å². The molecule has 12 rings (SSSR count). The third-order valence-corrected chi connectivity index (χ3v) is 11.8. The van der Waals surface area contributed by atoms with Crippen LogP contribution < -0.4 is 0 Å². The van der Waals surface area contributed by atoms with Crippen LogP contribution in [-0.2, 0) is 0 Å². The average molecular weight is 726 g/mol. The minimum atomic E-state index is 1.15. The SMILES string of the molecule is c1ccc(-c2cccc3c4c(-c5ccccc5-n5c6ccccc6c6c7c8ccccc8n(-c8ccccc8)c7ccc65)cccc4n(-c4ccccc4)c23)cc1. The van der Waals surface area contributed by atoms with Gasteiger partial charge in [0.05, 0.1) is 38.8 Å². The summed E-state index contributed by atoms with van der Waals surface area (Å²) >= 11 is 0. The third kappa shape index (κ3) is 4.60. The highest BCUT2D eigenvalue weighted by molar-refractivity contribution is 6.29. The molecule has 9 aromatic carbocycles. The van der Waals surface area contributed by atoms with Gasteiger partial charge in [0.1, 0.15) is 0 Å². The Labute approximate surface area is 329 Å². The predicted octanol–water partition coefficient (Wildman–Crippen LogP) is 14.3. The molecule has 3 heteroatoms. The molecule has 0 aliphatic carbocycles. The van der Waals surface area contributed by atoms with Gasteiger partial charge >= 0.3 is 0 Å². The first-order chi connectivity index (χ1) is 28.3. The summed E-state index contributed by atoms with van der Waals surface area (Å²) < 4.78 is 7.37. The number of hydrogen-bond donors (Lipinski definition) is 0. The van der Waals surface area contributed by atoms with Gasteiger partial charge in [-0.2, -0.15) is 0 Å². The number of aromatic nitrogens is 3. The number of benzene rings is 9. The molecule has 0 amide bonds. The first kappa shape index (κ1) is 31.7. The molecule has 0 spiro atoms. The number of rotatable bonds is 5. The van der Waals surface area contributed by atoms with Crippen LogP contribution in [0.4, 0.5) is 0 Å². The minimum Gasteiger partial charge on any atom is -0.309 e. The van der Waals surface area contributed by atoms with Gasteiger partial charge in [-0.05, 0) is 71.8 Å². The summed E-state index contributed by atoms with van der Waals surface area (Å²) in [6.45, 7) is 0. The van der Waals surface area contributed by atoms with Crippen LogP contribution in [0.5, 0.6) is 0 Å². The molecular formula is C54H35N3. The number of nitrogens with zero attached hydrogens (tertiary/aromatic N) is 3. The van der Waals surface area contributed by atoms with Crippen molar-refractivity contribution in [3.8, 4) is 39.3 Å². The first-order valence-corrected chi connectivity index (χ1v) is 19.6. The van der Waals surface area contributed by atoms with E-state index in [1.165, 1.54) is 87.7 Å². The van der Waals surface area contributed by atoms with Gasteiger partial charge < -0.3 is 13.7 Å². The van der Waals surface area contributed by atoms with Gasteiger partial charge in [0, 0.05) is 54.8 Å². The van der Waals surface area contributed by atoms with Gasteiger partial charge in [-0.25, -0.2) is 0 Å². The van der Waals surface area contributed by atoms with Gasteiger partial charge in [-0.15, -0.1) is 0 Å². The van der Waals surface area contributed by atoms with Crippen LogP contribution in [-0.4, -0.2) is 13.7 Å². The number of hydrogen-bond acceptors (Lipinski definition) is 0. The molecule has 0 saturated heterocycles. The van der Waals surface area contributed by atoms with Crippen molar-refractivity contribution in [3.05, 3.63) is 212 Å². The fourth-order valence-electron chi connectivity index (χ4n) is 9.57. The second-order valence-corrected chi connectivity index (χ2v) is 14.9. The number of fused-ring (bicyclic) bond motifs is 10. The average Bonchev–Trinajstić information content (AvgIpc) is 3.93. The lowest BCUT2D eigenvalue weighted by Crippen LogP contribution is -1.98. The molecule has 3 nitrogen and oxygen atoms in total. The molecule has 0 aliphatic heterocycles.